The van der Waals surface area contributed by atoms with Crippen LogP contribution in [0.1, 0.15) is 11.1 Å². The van der Waals surface area contributed by atoms with Crippen molar-refractivity contribution < 1.29 is 4.74 Å². The Morgan fingerprint density at radius 1 is 1.31 bits per heavy atom. The van der Waals surface area contributed by atoms with Crippen LogP contribution >= 0.6 is 12.4 Å². The van der Waals surface area contributed by atoms with E-state index < -0.39 is 0 Å². The molecule has 1 aromatic rings. The molecule has 0 atom stereocenters. The molecular weight excluding hydrogens is 224 g/mol. The van der Waals surface area contributed by atoms with E-state index in [0.717, 1.165) is 18.7 Å². The predicted molar refractivity (Wildman–Crippen MR) is 70.4 cm³/mol. The average Bonchev–Trinajstić information content (AvgIpc) is 2.18. The predicted octanol–water partition coefficient (Wildman–Crippen LogP) is 1.68. The summed E-state index contributed by atoms with van der Waals surface area (Å²) in [5.41, 5.74) is 8.06. The Bertz CT molecular complexity index is 316. The van der Waals surface area contributed by atoms with E-state index in [0.29, 0.717) is 6.54 Å². The Kier molecular flexibility index (Phi) is 7.13. The number of hydrogen-bond donors (Lipinski definition) is 1. The number of nitrogens with zero attached hydrogens (tertiary/aromatic N) is 1. The van der Waals surface area contributed by atoms with Gasteiger partial charge in [-0.3, -0.25) is 0 Å². The Hall–Kier alpha value is -0.770. The van der Waals surface area contributed by atoms with E-state index in [1.54, 1.807) is 7.11 Å². The van der Waals surface area contributed by atoms with Crippen LogP contribution in [0.2, 0.25) is 0 Å². The topological polar surface area (TPSA) is 38.5 Å². The van der Waals surface area contributed by atoms with Crippen molar-refractivity contribution in [1.82, 2.24) is 4.90 Å². The van der Waals surface area contributed by atoms with E-state index in [-0.39, 0.29) is 12.4 Å². The minimum absolute atomic E-state index is 0. The second-order valence-corrected chi connectivity index (χ2v) is 3.92. The number of benzene rings is 1. The standard InChI is InChI=1S/C12H20N2O.ClH/c1-14(2)9-10-4-5-12(15-3)11(8-10)6-7-13;/h4-5,8H,6-7,9,13H2,1-3H3;1H. The normalized spacial score (nSPS) is 10.1. The van der Waals surface area contributed by atoms with Crippen molar-refractivity contribution >= 4 is 12.4 Å². The molecule has 0 aliphatic carbocycles. The van der Waals surface area contributed by atoms with Gasteiger partial charge in [0, 0.05) is 6.54 Å². The van der Waals surface area contributed by atoms with Crippen LogP contribution in [0.3, 0.4) is 0 Å². The van der Waals surface area contributed by atoms with Gasteiger partial charge in [0.25, 0.3) is 0 Å². The molecule has 0 fully saturated rings. The number of rotatable bonds is 5. The highest BCUT2D eigenvalue weighted by Crippen LogP contribution is 2.20. The molecule has 0 saturated heterocycles. The molecule has 0 aliphatic heterocycles. The number of halogens is 1. The highest BCUT2D eigenvalue weighted by Gasteiger charge is 2.04. The van der Waals surface area contributed by atoms with E-state index >= 15 is 0 Å². The van der Waals surface area contributed by atoms with Gasteiger partial charge in [-0.2, -0.15) is 0 Å². The SMILES string of the molecule is COc1ccc(CN(C)C)cc1CCN.Cl. The van der Waals surface area contributed by atoms with Gasteiger partial charge in [0.15, 0.2) is 0 Å². The molecule has 0 bridgehead atoms. The highest BCUT2D eigenvalue weighted by atomic mass is 35.5. The summed E-state index contributed by atoms with van der Waals surface area (Å²) in [6.45, 7) is 1.60. The zero-order valence-electron chi connectivity index (χ0n) is 10.2. The quantitative estimate of drug-likeness (QED) is 0.857. The number of nitrogens with two attached hydrogens (primary N) is 1. The molecule has 92 valence electrons. The molecule has 0 aromatic heterocycles. The van der Waals surface area contributed by atoms with E-state index in [4.69, 9.17) is 10.5 Å². The zero-order chi connectivity index (χ0) is 11.3. The Morgan fingerprint density at radius 3 is 2.50 bits per heavy atom. The molecule has 3 nitrogen and oxygen atoms in total. The smallest absolute Gasteiger partial charge is 0.122 e. The van der Waals surface area contributed by atoms with Gasteiger partial charge in [-0.05, 0) is 44.3 Å². The van der Waals surface area contributed by atoms with Crippen molar-refractivity contribution in [2.24, 2.45) is 5.73 Å². The fourth-order valence-electron chi connectivity index (χ4n) is 1.65. The van der Waals surface area contributed by atoms with Crippen molar-refractivity contribution in [3.8, 4) is 5.75 Å². The van der Waals surface area contributed by atoms with Gasteiger partial charge in [-0.15, -0.1) is 12.4 Å². The van der Waals surface area contributed by atoms with Crippen molar-refractivity contribution in [3.05, 3.63) is 29.3 Å². The molecule has 0 saturated carbocycles. The van der Waals surface area contributed by atoms with Gasteiger partial charge in [0.05, 0.1) is 7.11 Å². The second-order valence-electron chi connectivity index (χ2n) is 3.92. The third kappa shape index (κ3) is 4.39. The minimum atomic E-state index is 0. The van der Waals surface area contributed by atoms with Gasteiger partial charge in [0.1, 0.15) is 5.75 Å². The summed E-state index contributed by atoms with van der Waals surface area (Å²) in [6, 6.07) is 6.29. The van der Waals surface area contributed by atoms with Gasteiger partial charge in [-0.25, -0.2) is 0 Å². The van der Waals surface area contributed by atoms with Crippen LogP contribution in [0.25, 0.3) is 0 Å². The summed E-state index contributed by atoms with van der Waals surface area (Å²) in [7, 11) is 5.82. The van der Waals surface area contributed by atoms with Crippen LogP contribution in [0.4, 0.5) is 0 Å². The monoisotopic (exact) mass is 244 g/mol. The molecular formula is C12H21ClN2O. The van der Waals surface area contributed by atoms with E-state index in [2.05, 4.69) is 31.1 Å². The lowest BCUT2D eigenvalue weighted by Gasteiger charge is -2.13. The molecule has 0 heterocycles. The Labute approximate surface area is 104 Å². The van der Waals surface area contributed by atoms with Gasteiger partial charge >= 0.3 is 0 Å². The lowest BCUT2D eigenvalue weighted by Crippen LogP contribution is -2.11. The third-order valence-electron chi connectivity index (χ3n) is 2.26. The summed E-state index contributed by atoms with van der Waals surface area (Å²) >= 11 is 0. The Morgan fingerprint density at radius 2 is 2.00 bits per heavy atom. The number of hydrogen-bond acceptors (Lipinski definition) is 3. The summed E-state index contributed by atoms with van der Waals surface area (Å²) in [5.74, 6) is 0.933. The van der Waals surface area contributed by atoms with Crippen LogP contribution in [0.15, 0.2) is 18.2 Å². The lowest BCUT2D eigenvalue weighted by atomic mass is 10.1. The molecule has 0 radical (unpaired) electrons. The molecule has 1 rings (SSSR count). The molecule has 2 N–H and O–H groups in total. The van der Waals surface area contributed by atoms with Crippen LogP contribution in [-0.2, 0) is 13.0 Å². The largest absolute Gasteiger partial charge is 0.496 e. The Balaban J connectivity index is 0.00000225. The zero-order valence-corrected chi connectivity index (χ0v) is 11.0. The van der Waals surface area contributed by atoms with Crippen LogP contribution in [0.5, 0.6) is 5.75 Å². The summed E-state index contributed by atoms with van der Waals surface area (Å²) in [5, 5.41) is 0. The summed E-state index contributed by atoms with van der Waals surface area (Å²) in [4.78, 5) is 2.15. The van der Waals surface area contributed by atoms with Crippen LogP contribution < -0.4 is 10.5 Å². The molecule has 16 heavy (non-hydrogen) atoms. The molecule has 0 aliphatic rings. The molecule has 1 aromatic carbocycles. The number of ether oxygens (including phenoxy) is 1. The van der Waals surface area contributed by atoms with E-state index in [1.807, 2.05) is 6.07 Å². The van der Waals surface area contributed by atoms with Crippen LogP contribution in [0, 0.1) is 0 Å². The molecule has 4 heteroatoms. The van der Waals surface area contributed by atoms with Gasteiger partial charge in [0.2, 0.25) is 0 Å². The average molecular weight is 245 g/mol. The second kappa shape index (κ2) is 7.49. The first kappa shape index (κ1) is 15.2. The van der Waals surface area contributed by atoms with E-state index in [9.17, 15) is 0 Å². The van der Waals surface area contributed by atoms with Crippen molar-refractivity contribution in [3.63, 3.8) is 0 Å². The van der Waals surface area contributed by atoms with Gasteiger partial charge in [-0.1, -0.05) is 12.1 Å². The lowest BCUT2D eigenvalue weighted by molar-refractivity contribution is 0.397. The minimum Gasteiger partial charge on any atom is -0.496 e. The van der Waals surface area contributed by atoms with Crippen molar-refractivity contribution in [2.45, 2.75) is 13.0 Å². The van der Waals surface area contributed by atoms with Gasteiger partial charge < -0.3 is 15.4 Å². The summed E-state index contributed by atoms with van der Waals surface area (Å²) < 4.78 is 5.29. The van der Waals surface area contributed by atoms with Crippen LogP contribution in [-0.4, -0.2) is 32.6 Å². The van der Waals surface area contributed by atoms with E-state index in [1.165, 1.54) is 11.1 Å². The fraction of sp³-hybridized carbons (Fsp3) is 0.500. The first-order valence-corrected chi connectivity index (χ1v) is 5.18. The maximum absolute atomic E-state index is 5.57. The maximum atomic E-state index is 5.57. The molecule has 0 amide bonds. The molecule has 0 spiro atoms. The maximum Gasteiger partial charge on any atom is 0.122 e. The fourth-order valence-corrected chi connectivity index (χ4v) is 1.65. The molecule has 0 unspecified atom stereocenters. The summed E-state index contributed by atoms with van der Waals surface area (Å²) in [6.07, 6.45) is 0.866. The first-order valence-electron chi connectivity index (χ1n) is 5.18. The first-order chi connectivity index (χ1) is 7.17. The third-order valence-corrected chi connectivity index (χ3v) is 2.26. The number of methoxy groups -OCH3 is 1. The highest BCUT2D eigenvalue weighted by molar-refractivity contribution is 5.85. The van der Waals surface area contributed by atoms with Crippen molar-refractivity contribution in [2.75, 3.05) is 27.7 Å². The van der Waals surface area contributed by atoms with Crippen molar-refractivity contribution in [1.29, 1.82) is 0 Å².